The van der Waals surface area contributed by atoms with Gasteiger partial charge in [-0.3, -0.25) is 14.5 Å². The van der Waals surface area contributed by atoms with Crippen LogP contribution in [0.4, 0.5) is 5.69 Å². The van der Waals surface area contributed by atoms with Crippen molar-refractivity contribution in [3.05, 3.63) is 58.1 Å². The molecule has 5 rings (SSSR count). The highest BCUT2D eigenvalue weighted by atomic mass is 35.5. The highest BCUT2D eigenvalue weighted by molar-refractivity contribution is 7.90. The third-order valence-corrected chi connectivity index (χ3v) is 12.5. The first-order valence-electron chi connectivity index (χ1n) is 16.3. The van der Waals surface area contributed by atoms with Crippen LogP contribution in [0.25, 0.3) is 0 Å². The minimum absolute atomic E-state index is 0.0190. The quantitative estimate of drug-likeness (QED) is 0.423. The Kier molecular flexibility index (Phi) is 10.9. The molecule has 2 aromatic carbocycles. The van der Waals surface area contributed by atoms with Crippen molar-refractivity contribution in [3.63, 3.8) is 0 Å². The average molecular weight is 676 g/mol. The summed E-state index contributed by atoms with van der Waals surface area (Å²) in [7, 11) is -2.38. The summed E-state index contributed by atoms with van der Waals surface area (Å²) in [6, 6.07) is 10.5. The van der Waals surface area contributed by atoms with Crippen molar-refractivity contribution in [1.82, 2.24) is 9.62 Å². The fourth-order valence-electron chi connectivity index (χ4n) is 7.15. The van der Waals surface area contributed by atoms with Crippen LogP contribution in [0.2, 0.25) is 5.02 Å². The largest absolute Gasteiger partial charge is 0.487 e. The third-order valence-electron chi connectivity index (χ3n) is 10.4. The predicted molar refractivity (Wildman–Crippen MR) is 178 cm³/mol. The number of carbonyl (C=O) groups excluding carboxylic acids is 1. The molecule has 0 radical (unpaired) electrons. The Bertz CT molecular complexity index is 1540. The summed E-state index contributed by atoms with van der Waals surface area (Å²) in [5.74, 6) is -1.31. The number of carboxylic acids is 1. The number of hydrogen-bond donors (Lipinski definition) is 3. The number of aliphatic hydroxyl groups is 1. The molecule has 2 aromatic rings. The number of nitrogens with one attached hydrogen (secondary N) is 1. The monoisotopic (exact) mass is 675 g/mol. The van der Waals surface area contributed by atoms with Crippen molar-refractivity contribution in [1.29, 1.82) is 0 Å². The average Bonchev–Trinajstić information content (AvgIpc) is 3.00. The van der Waals surface area contributed by atoms with Gasteiger partial charge in [-0.2, -0.15) is 0 Å². The van der Waals surface area contributed by atoms with Crippen LogP contribution in [0.3, 0.4) is 0 Å². The molecular weight excluding hydrogens is 630 g/mol. The minimum atomic E-state index is -4.08. The number of halogens is 1. The van der Waals surface area contributed by atoms with E-state index in [1.807, 2.05) is 18.2 Å². The number of ether oxygens (including phenoxy) is 1. The molecule has 2 aliphatic heterocycles. The summed E-state index contributed by atoms with van der Waals surface area (Å²) >= 11 is 6.32. The molecule has 0 unspecified atom stereocenters. The van der Waals surface area contributed by atoms with Crippen LogP contribution >= 0.6 is 11.6 Å². The molecule has 1 fully saturated rings. The zero-order valence-electron chi connectivity index (χ0n) is 26.8. The molecule has 252 valence electrons. The van der Waals surface area contributed by atoms with Crippen LogP contribution in [-0.4, -0.2) is 79.5 Å². The number of carboxylic acid groups (broad SMARTS) is 1. The van der Waals surface area contributed by atoms with E-state index in [4.69, 9.17) is 16.3 Å². The Morgan fingerprint density at radius 1 is 1.11 bits per heavy atom. The number of amides is 1. The van der Waals surface area contributed by atoms with E-state index in [0.29, 0.717) is 43.3 Å². The molecule has 0 aromatic heterocycles. The first-order valence-corrected chi connectivity index (χ1v) is 18.2. The maximum absolute atomic E-state index is 13.5. The first-order chi connectivity index (χ1) is 21.8. The fourth-order valence-corrected chi connectivity index (χ4v) is 8.63. The van der Waals surface area contributed by atoms with Crippen molar-refractivity contribution in [2.45, 2.75) is 82.8 Å². The Labute approximate surface area is 277 Å². The second-order valence-corrected chi connectivity index (χ2v) is 15.9. The second-order valence-electron chi connectivity index (χ2n) is 13.4. The van der Waals surface area contributed by atoms with Gasteiger partial charge in [0.1, 0.15) is 12.4 Å². The molecule has 10 nitrogen and oxygen atoms in total. The number of aliphatic hydroxyl groups excluding tert-OH is 1. The Hall–Kier alpha value is -2.86. The van der Waals surface area contributed by atoms with Crippen LogP contribution in [0, 0.1) is 17.8 Å². The van der Waals surface area contributed by atoms with Gasteiger partial charge in [-0.15, -0.1) is 0 Å². The number of nitrogens with zero attached hydrogens (tertiary/aromatic N) is 2. The lowest BCUT2D eigenvalue weighted by Crippen LogP contribution is -2.48. The summed E-state index contributed by atoms with van der Waals surface area (Å²) in [5.41, 5.74) is 3.12. The van der Waals surface area contributed by atoms with E-state index in [-0.39, 0.29) is 30.0 Å². The SMILES string of the molecule is C[C@@H]1[C@@H](C)C[C@H](N(C)CC(=O)O)C[C@H](O)[C@@H]2CC[C@H]2CN2CCCCc3cc(Cl)ccc3COc3ccc(cc32)C(=O)NS1(=O)=O. The summed E-state index contributed by atoms with van der Waals surface area (Å²) in [6.07, 6.45) is 4.45. The molecule has 1 aliphatic carbocycles. The summed E-state index contributed by atoms with van der Waals surface area (Å²) in [4.78, 5) is 29.0. The van der Waals surface area contributed by atoms with E-state index in [0.717, 1.165) is 48.9 Å². The zero-order valence-corrected chi connectivity index (χ0v) is 28.4. The maximum atomic E-state index is 13.5. The number of benzene rings is 2. The van der Waals surface area contributed by atoms with Crippen LogP contribution in [-0.2, 0) is 27.8 Å². The number of aliphatic carboxylic acids is 1. The fraction of sp³-hybridized carbons (Fsp3) is 0.588. The van der Waals surface area contributed by atoms with Crippen molar-refractivity contribution in [3.8, 4) is 5.75 Å². The summed E-state index contributed by atoms with van der Waals surface area (Å²) in [6.45, 7) is 4.78. The number of carbonyl (C=O) groups is 2. The smallest absolute Gasteiger partial charge is 0.317 e. The van der Waals surface area contributed by atoms with Gasteiger partial charge in [-0.1, -0.05) is 24.6 Å². The minimum Gasteiger partial charge on any atom is -0.487 e. The second kappa shape index (κ2) is 14.5. The molecule has 3 N–H and O–H groups in total. The molecule has 1 saturated carbocycles. The highest BCUT2D eigenvalue weighted by Crippen LogP contribution is 2.42. The van der Waals surface area contributed by atoms with Gasteiger partial charge in [0, 0.05) is 29.7 Å². The molecule has 6 atom stereocenters. The molecule has 12 heteroatoms. The number of likely N-dealkylation sites (N-methyl/N-ethyl adjacent to an activating group) is 1. The van der Waals surface area contributed by atoms with Crippen molar-refractivity contribution in [2.24, 2.45) is 17.8 Å². The third kappa shape index (κ3) is 7.98. The van der Waals surface area contributed by atoms with Gasteiger partial charge in [0.25, 0.3) is 5.91 Å². The van der Waals surface area contributed by atoms with E-state index in [2.05, 4.69) is 9.62 Å². The lowest BCUT2D eigenvalue weighted by Gasteiger charge is -2.44. The van der Waals surface area contributed by atoms with Gasteiger partial charge in [-0.25, -0.2) is 13.1 Å². The van der Waals surface area contributed by atoms with E-state index < -0.39 is 39.2 Å². The van der Waals surface area contributed by atoms with Gasteiger partial charge in [0.05, 0.1) is 23.6 Å². The molecule has 1 amide bonds. The Morgan fingerprint density at radius 2 is 1.89 bits per heavy atom. The van der Waals surface area contributed by atoms with Crippen LogP contribution < -0.4 is 14.4 Å². The van der Waals surface area contributed by atoms with Gasteiger partial charge in [0.2, 0.25) is 10.0 Å². The number of sulfonamides is 1. The number of aryl methyl sites for hydroxylation is 1. The molecule has 2 bridgehead atoms. The van der Waals surface area contributed by atoms with Gasteiger partial charge < -0.3 is 19.8 Å². The molecule has 0 spiro atoms. The van der Waals surface area contributed by atoms with E-state index in [9.17, 15) is 28.2 Å². The number of rotatable bonds is 3. The molecule has 46 heavy (non-hydrogen) atoms. The van der Waals surface area contributed by atoms with Gasteiger partial charge >= 0.3 is 5.97 Å². The summed E-state index contributed by atoms with van der Waals surface area (Å²) in [5, 5.41) is 20.8. The molecule has 2 heterocycles. The molecule has 3 aliphatic rings. The van der Waals surface area contributed by atoms with Crippen molar-refractivity contribution >= 4 is 39.2 Å². The topological polar surface area (TPSA) is 136 Å². The van der Waals surface area contributed by atoms with Gasteiger partial charge in [-0.05, 0) is 118 Å². The van der Waals surface area contributed by atoms with Crippen LogP contribution in [0.15, 0.2) is 36.4 Å². The first kappa shape index (κ1) is 34.5. The number of anilines is 1. The van der Waals surface area contributed by atoms with Crippen LogP contribution in [0.5, 0.6) is 5.75 Å². The lowest BCUT2D eigenvalue weighted by atomic mass is 9.68. The molecule has 0 saturated heterocycles. The predicted octanol–water partition coefficient (Wildman–Crippen LogP) is 4.71. The van der Waals surface area contributed by atoms with Gasteiger partial charge in [0.15, 0.2) is 0 Å². The number of hydrogen-bond acceptors (Lipinski definition) is 8. The zero-order chi connectivity index (χ0) is 33.2. The summed E-state index contributed by atoms with van der Waals surface area (Å²) < 4.78 is 35.6. The van der Waals surface area contributed by atoms with Crippen molar-refractivity contribution in [2.75, 3.05) is 31.6 Å². The lowest BCUT2D eigenvalue weighted by molar-refractivity contribution is -0.138. The highest BCUT2D eigenvalue weighted by Gasteiger charge is 2.40. The van der Waals surface area contributed by atoms with Crippen LogP contribution in [0.1, 0.15) is 73.9 Å². The molecular formula is C34H46ClN3O7S. The normalized spacial score (nSPS) is 28.8. The van der Waals surface area contributed by atoms with E-state index in [1.54, 1.807) is 44.0 Å². The van der Waals surface area contributed by atoms with Crippen molar-refractivity contribution < 1.29 is 33.0 Å². The Balaban J connectivity index is 1.52. The van der Waals surface area contributed by atoms with E-state index in [1.165, 1.54) is 0 Å². The Morgan fingerprint density at radius 3 is 2.61 bits per heavy atom. The number of fused-ring (bicyclic) bond motifs is 3. The van der Waals surface area contributed by atoms with E-state index >= 15 is 0 Å². The maximum Gasteiger partial charge on any atom is 0.317 e. The standard InChI is InChI=1S/C34H46ClN3O7S/c1-21-14-28(37(3)19-33(40)41)17-31(39)29-11-8-25(29)18-38-13-5-4-6-23-15-27(35)10-7-26(23)20-45-32-12-9-24(16-30(32)38)34(42)36-46(43,44)22(21)2/h7,9-10,12,15-16,21-22,25,28-29,31,39H,4-6,8,11,13-14,17-20H2,1-3H3,(H,36,42)(H,40,41)/t21-,22+,25-,28-,29+,31-/m0/s1.